The maximum Gasteiger partial charge on any atom is 0.331 e. The molecule has 1 aliphatic rings. The summed E-state index contributed by atoms with van der Waals surface area (Å²) < 4.78 is 15.3. The number of methoxy groups -OCH3 is 1. The minimum absolute atomic E-state index is 0.106. The van der Waals surface area contributed by atoms with Gasteiger partial charge in [0, 0.05) is 6.08 Å². The lowest BCUT2D eigenvalue weighted by Crippen LogP contribution is -2.48. The van der Waals surface area contributed by atoms with Gasteiger partial charge in [0.25, 0.3) is 5.91 Å². The molecule has 0 heterocycles. The van der Waals surface area contributed by atoms with Crippen LogP contribution >= 0.6 is 0 Å². The molecule has 146 valence electrons. The smallest absolute Gasteiger partial charge is 0.331 e. The molecule has 0 saturated heterocycles. The number of esters is 1. The molecule has 1 fully saturated rings. The summed E-state index contributed by atoms with van der Waals surface area (Å²) in [5.74, 6) is -0.229. The van der Waals surface area contributed by atoms with Gasteiger partial charge in [-0.1, -0.05) is 6.07 Å². The number of nitriles is 2. The number of carbonyl (C=O) groups excluding carboxylic acids is 2. The Morgan fingerprint density at radius 1 is 1.32 bits per heavy atom. The Morgan fingerprint density at radius 2 is 2.07 bits per heavy atom. The molecule has 1 aliphatic carbocycles. The third-order valence-corrected chi connectivity index (χ3v) is 4.26. The minimum Gasteiger partial charge on any atom is -0.493 e. The molecule has 0 aromatic heterocycles. The predicted octanol–water partition coefficient (Wildman–Crippen LogP) is 1.96. The van der Waals surface area contributed by atoms with Crippen molar-refractivity contribution in [1.82, 2.24) is 5.32 Å². The number of ether oxygens (including phenoxy) is 3. The molecule has 8 nitrogen and oxygen atoms in total. The van der Waals surface area contributed by atoms with Crippen LogP contribution in [0.3, 0.4) is 0 Å². The van der Waals surface area contributed by atoms with Gasteiger partial charge in [-0.05, 0) is 49.5 Å². The Morgan fingerprint density at radius 3 is 2.68 bits per heavy atom. The van der Waals surface area contributed by atoms with Crippen LogP contribution in [0.25, 0.3) is 6.08 Å². The van der Waals surface area contributed by atoms with Gasteiger partial charge in [0.15, 0.2) is 24.7 Å². The molecule has 0 unspecified atom stereocenters. The molecule has 8 heteroatoms. The quantitative estimate of drug-likeness (QED) is 0.511. The van der Waals surface area contributed by atoms with Crippen LogP contribution in [0, 0.1) is 28.6 Å². The highest BCUT2D eigenvalue weighted by molar-refractivity contribution is 5.89. The first-order valence-corrected chi connectivity index (χ1v) is 8.66. The summed E-state index contributed by atoms with van der Waals surface area (Å²) in [4.78, 5) is 23.7. The average molecular weight is 383 g/mol. The van der Waals surface area contributed by atoms with E-state index in [1.165, 1.54) is 19.3 Å². The van der Waals surface area contributed by atoms with E-state index in [9.17, 15) is 14.9 Å². The van der Waals surface area contributed by atoms with Gasteiger partial charge in [0.05, 0.1) is 13.2 Å². The normalized spacial score (nSPS) is 15.0. The average Bonchev–Trinajstić information content (AvgIpc) is 3.55. The predicted molar refractivity (Wildman–Crippen MR) is 99.0 cm³/mol. The number of amides is 1. The Labute approximate surface area is 163 Å². The second-order valence-corrected chi connectivity index (χ2v) is 6.43. The zero-order valence-electron chi connectivity index (χ0n) is 15.7. The zero-order chi connectivity index (χ0) is 20.6. The van der Waals surface area contributed by atoms with Crippen molar-refractivity contribution in [3.05, 3.63) is 29.8 Å². The number of nitrogens with zero attached hydrogens (tertiary/aromatic N) is 2. The number of nitrogens with one attached hydrogen (secondary N) is 1. The van der Waals surface area contributed by atoms with Crippen LogP contribution in [0.4, 0.5) is 0 Å². The van der Waals surface area contributed by atoms with E-state index in [1.54, 1.807) is 25.1 Å². The summed E-state index contributed by atoms with van der Waals surface area (Å²) in [7, 11) is 1.46. The fourth-order valence-corrected chi connectivity index (χ4v) is 2.57. The summed E-state index contributed by atoms with van der Waals surface area (Å²) in [6.45, 7) is 1.10. The summed E-state index contributed by atoms with van der Waals surface area (Å²) in [6, 6.07) is 8.91. The Kier molecular flexibility index (Phi) is 7.00. The number of hydrogen-bond donors (Lipinski definition) is 1. The van der Waals surface area contributed by atoms with Crippen molar-refractivity contribution in [2.24, 2.45) is 5.92 Å². The number of carbonyl (C=O) groups is 2. The molecule has 1 N–H and O–H groups in total. The van der Waals surface area contributed by atoms with Gasteiger partial charge in [0.1, 0.15) is 11.6 Å². The molecule has 1 aromatic rings. The molecule has 1 atom stereocenters. The third-order valence-electron chi connectivity index (χ3n) is 4.26. The lowest BCUT2D eigenvalue weighted by molar-refractivity contribution is -0.144. The molecule has 0 bridgehead atoms. The topological polar surface area (TPSA) is 121 Å². The van der Waals surface area contributed by atoms with Crippen LogP contribution in [-0.2, 0) is 14.3 Å². The van der Waals surface area contributed by atoms with E-state index in [-0.39, 0.29) is 12.5 Å². The molecular formula is C20H21N3O5. The molecule has 1 saturated carbocycles. The SMILES string of the molecule is COc1cc(/C=C/C(=O)OCC(=O)N[C@](C)(C#N)C2CC2)ccc1OCC#N. The second-order valence-electron chi connectivity index (χ2n) is 6.43. The van der Waals surface area contributed by atoms with Crippen LogP contribution < -0.4 is 14.8 Å². The summed E-state index contributed by atoms with van der Waals surface area (Å²) in [5.41, 5.74) is -0.279. The molecule has 1 aromatic carbocycles. The van der Waals surface area contributed by atoms with Gasteiger partial charge in [-0.3, -0.25) is 4.79 Å². The van der Waals surface area contributed by atoms with Gasteiger partial charge >= 0.3 is 5.97 Å². The monoisotopic (exact) mass is 383 g/mol. The first kappa shape index (κ1) is 20.8. The Bertz CT molecular complexity index is 848. The maximum absolute atomic E-state index is 11.9. The van der Waals surface area contributed by atoms with E-state index < -0.39 is 24.0 Å². The summed E-state index contributed by atoms with van der Waals surface area (Å²) in [6.07, 6.45) is 4.48. The van der Waals surface area contributed by atoms with Crippen LogP contribution in [0.2, 0.25) is 0 Å². The van der Waals surface area contributed by atoms with E-state index in [0.29, 0.717) is 17.1 Å². The first-order chi connectivity index (χ1) is 13.4. The molecule has 0 radical (unpaired) electrons. The van der Waals surface area contributed by atoms with Gasteiger partial charge in [-0.2, -0.15) is 10.5 Å². The van der Waals surface area contributed by atoms with E-state index in [2.05, 4.69) is 11.4 Å². The lowest BCUT2D eigenvalue weighted by atomic mass is 9.98. The maximum atomic E-state index is 11.9. The van der Waals surface area contributed by atoms with Crippen LogP contribution in [0.15, 0.2) is 24.3 Å². The summed E-state index contributed by atoms with van der Waals surface area (Å²) >= 11 is 0. The van der Waals surface area contributed by atoms with Crippen molar-refractivity contribution in [1.29, 1.82) is 10.5 Å². The van der Waals surface area contributed by atoms with E-state index in [1.807, 2.05) is 6.07 Å². The van der Waals surface area contributed by atoms with Gasteiger partial charge < -0.3 is 19.5 Å². The zero-order valence-corrected chi connectivity index (χ0v) is 15.7. The third kappa shape index (κ3) is 5.75. The molecule has 0 spiro atoms. The highest BCUT2D eigenvalue weighted by atomic mass is 16.5. The van der Waals surface area contributed by atoms with Crippen LogP contribution in [-0.4, -0.2) is 37.7 Å². The Hall–Kier alpha value is -3.52. The highest BCUT2D eigenvalue weighted by Crippen LogP contribution is 2.39. The van der Waals surface area contributed by atoms with Crippen molar-refractivity contribution >= 4 is 18.0 Å². The fraction of sp³-hybridized carbons (Fsp3) is 0.400. The lowest BCUT2D eigenvalue weighted by Gasteiger charge is -2.22. The molecule has 1 amide bonds. The van der Waals surface area contributed by atoms with E-state index in [4.69, 9.17) is 19.5 Å². The van der Waals surface area contributed by atoms with Crippen molar-refractivity contribution < 1.29 is 23.8 Å². The van der Waals surface area contributed by atoms with Gasteiger partial charge in [0.2, 0.25) is 0 Å². The molecule has 2 rings (SSSR count). The number of benzene rings is 1. The van der Waals surface area contributed by atoms with E-state index >= 15 is 0 Å². The van der Waals surface area contributed by atoms with Crippen molar-refractivity contribution in [2.45, 2.75) is 25.3 Å². The molecule has 28 heavy (non-hydrogen) atoms. The van der Waals surface area contributed by atoms with Crippen molar-refractivity contribution in [3.8, 4) is 23.6 Å². The van der Waals surface area contributed by atoms with Gasteiger partial charge in [-0.15, -0.1) is 0 Å². The fourth-order valence-electron chi connectivity index (χ4n) is 2.57. The standard InChI is InChI=1S/C20H21N3O5/c1-20(13-22,15-5-6-15)23-18(24)12-28-19(25)8-4-14-3-7-16(27-10-9-21)17(11-14)26-2/h3-4,7-8,11,15H,5-6,10,12H2,1-2H3,(H,23,24)/b8-4+/t20-/m1/s1. The van der Waals surface area contributed by atoms with Crippen molar-refractivity contribution in [2.75, 3.05) is 20.3 Å². The van der Waals surface area contributed by atoms with E-state index in [0.717, 1.165) is 12.8 Å². The summed E-state index contributed by atoms with van der Waals surface area (Å²) in [5, 5.41) is 20.4. The van der Waals surface area contributed by atoms with Crippen LogP contribution in [0.1, 0.15) is 25.3 Å². The number of hydrogen-bond acceptors (Lipinski definition) is 7. The molecule has 0 aliphatic heterocycles. The molecular weight excluding hydrogens is 362 g/mol. The van der Waals surface area contributed by atoms with Crippen LogP contribution in [0.5, 0.6) is 11.5 Å². The minimum atomic E-state index is -0.925. The van der Waals surface area contributed by atoms with Crippen molar-refractivity contribution in [3.63, 3.8) is 0 Å². The van der Waals surface area contributed by atoms with Gasteiger partial charge in [-0.25, -0.2) is 4.79 Å². The highest BCUT2D eigenvalue weighted by Gasteiger charge is 2.43. The second kappa shape index (κ2) is 9.43. The largest absolute Gasteiger partial charge is 0.493 e. The number of rotatable bonds is 9. The first-order valence-electron chi connectivity index (χ1n) is 8.66. The Balaban J connectivity index is 1.87.